The van der Waals surface area contributed by atoms with E-state index in [9.17, 15) is 4.79 Å². The Balaban J connectivity index is 1.28. The molecular formula is C19H19N3O3S. The van der Waals surface area contributed by atoms with Crippen LogP contribution < -0.4 is 5.32 Å². The topological polar surface area (TPSA) is 88.2 Å². The molecule has 2 N–H and O–H groups in total. The molecule has 7 heteroatoms. The van der Waals surface area contributed by atoms with Crippen molar-refractivity contribution >= 4 is 17.2 Å². The number of amides is 1. The lowest BCUT2D eigenvalue weighted by atomic mass is 9.78. The summed E-state index contributed by atoms with van der Waals surface area (Å²) in [4.78, 5) is 17.5. The van der Waals surface area contributed by atoms with Gasteiger partial charge in [0.2, 0.25) is 0 Å². The number of hydrogen-bond donors (Lipinski definition) is 2. The molecule has 2 heterocycles. The van der Waals surface area contributed by atoms with Gasteiger partial charge in [0.1, 0.15) is 0 Å². The van der Waals surface area contributed by atoms with Gasteiger partial charge in [0.25, 0.3) is 5.91 Å². The van der Waals surface area contributed by atoms with E-state index < -0.39 is 0 Å². The molecule has 0 saturated heterocycles. The number of nitrogens with one attached hydrogen (secondary N) is 1. The zero-order valence-corrected chi connectivity index (χ0v) is 14.9. The Bertz CT molecular complexity index is 884. The maximum absolute atomic E-state index is 12.3. The van der Waals surface area contributed by atoms with E-state index in [0.717, 1.165) is 34.7 Å². The van der Waals surface area contributed by atoms with E-state index >= 15 is 0 Å². The highest BCUT2D eigenvalue weighted by atomic mass is 32.1. The predicted octanol–water partition coefficient (Wildman–Crippen LogP) is 3.04. The van der Waals surface area contributed by atoms with E-state index in [1.807, 2.05) is 30.3 Å². The minimum absolute atomic E-state index is 0.0453. The number of carbonyl (C=O) groups is 1. The number of thiazole rings is 1. The van der Waals surface area contributed by atoms with Gasteiger partial charge in [0.15, 0.2) is 11.5 Å². The highest BCUT2D eigenvalue weighted by Gasteiger charge is 2.31. The van der Waals surface area contributed by atoms with Crippen LogP contribution in [0.2, 0.25) is 0 Å². The monoisotopic (exact) mass is 369 g/mol. The number of aliphatic hydroxyl groups is 1. The third-order valence-corrected chi connectivity index (χ3v) is 5.60. The summed E-state index contributed by atoms with van der Waals surface area (Å²) >= 11 is 1.55. The number of carbonyl (C=O) groups excluding carboxylic acids is 1. The van der Waals surface area contributed by atoms with Gasteiger partial charge >= 0.3 is 0 Å². The molecule has 134 valence electrons. The molecule has 0 atom stereocenters. The van der Waals surface area contributed by atoms with E-state index in [0.29, 0.717) is 17.4 Å². The molecule has 3 aromatic rings. The smallest absolute Gasteiger partial charge is 0.273 e. The molecule has 1 amide bonds. The van der Waals surface area contributed by atoms with Crippen molar-refractivity contribution < 1.29 is 14.4 Å². The SMILES string of the molecule is O=C(N[C@H]1C[C@@H](Cc2ncc(CO)s2)C1)c1cc(-c2ccccc2)on1. The standard InChI is InChI=1S/C19H19N3O3S/c23-11-15-10-20-18(26-15)8-12-6-14(7-12)21-19(24)16-9-17(25-22-16)13-4-2-1-3-5-13/h1-5,9-10,12,14,23H,6-8,11H2,(H,21,24)/t12-,14+. The summed E-state index contributed by atoms with van der Waals surface area (Å²) in [5.74, 6) is 0.914. The van der Waals surface area contributed by atoms with Crippen LogP contribution in [0.15, 0.2) is 47.1 Å². The molecule has 6 nitrogen and oxygen atoms in total. The Morgan fingerprint density at radius 3 is 2.85 bits per heavy atom. The Morgan fingerprint density at radius 1 is 1.31 bits per heavy atom. The van der Waals surface area contributed by atoms with Crippen molar-refractivity contribution in [3.05, 3.63) is 58.2 Å². The van der Waals surface area contributed by atoms with Crippen LogP contribution >= 0.6 is 11.3 Å². The molecule has 4 rings (SSSR count). The molecular weight excluding hydrogens is 350 g/mol. The van der Waals surface area contributed by atoms with Gasteiger partial charge in [-0.2, -0.15) is 0 Å². The molecule has 1 saturated carbocycles. The van der Waals surface area contributed by atoms with Crippen molar-refractivity contribution in [2.45, 2.75) is 31.9 Å². The largest absolute Gasteiger partial charge is 0.391 e. The number of nitrogens with zero attached hydrogens (tertiary/aromatic N) is 2. The van der Waals surface area contributed by atoms with Crippen LogP contribution in [0.1, 0.15) is 33.2 Å². The Kier molecular flexibility index (Phi) is 4.81. The van der Waals surface area contributed by atoms with Crippen molar-refractivity contribution in [2.24, 2.45) is 5.92 Å². The minimum atomic E-state index is -0.198. The third-order valence-electron chi connectivity index (χ3n) is 4.59. The first-order valence-electron chi connectivity index (χ1n) is 8.58. The van der Waals surface area contributed by atoms with Crippen LogP contribution in [0, 0.1) is 5.92 Å². The van der Waals surface area contributed by atoms with Crippen LogP contribution in [-0.4, -0.2) is 27.2 Å². The summed E-state index contributed by atoms with van der Waals surface area (Å²) in [5.41, 5.74) is 1.20. The van der Waals surface area contributed by atoms with E-state index in [-0.39, 0.29) is 18.6 Å². The van der Waals surface area contributed by atoms with Gasteiger partial charge in [-0.3, -0.25) is 4.79 Å². The second kappa shape index (κ2) is 7.39. The summed E-state index contributed by atoms with van der Waals surface area (Å²) < 4.78 is 5.28. The first-order chi connectivity index (χ1) is 12.7. The van der Waals surface area contributed by atoms with Crippen molar-refractivity contribution in [3.8, 4) is 11.3 Å². The molecule has 0 aliphatic heterocycles. The maximum atomic E-state index is 12.3. The van der Waals surface area contributed by atoms with Gasteiger partial charge < -0.3 is 14.9 Å². The van der Waals surface area contributed by atoms with Gasteiger partial charge in [0, 0.05) is 30.3 Å². The van der Waals surface area contributed by atoms with E-state index in [4.69, 9.17) is 9.63 Å². The Labute approximate surface area is 154 Å². The number of benzene rings is 1. The lowest BCUT2D eigenvalue weighted by Crippen LogP contribution is -2.45. The number of aromatic nitrogens is 2. The van der Waals surface area contributed by atoms with Crippen LogP contribution in [0.5, 0.6) is 0 Å². The molecule has 1 fully saturated rings. The molecule has 1 aromatic carbocycles. The third kappa shape index (κ3) is 3.68. The molecule has 0 radical (unpaired) electrons. The average molecular weight is 369 g/mol. The van der Waals surface area contributed by atoms with Crippen LogP contribution in [0.25, 0.3) is 11.3 Å². The van der Waals surface area contributed by atoms with Gasteiger partial charge in [0.05, 0.1) is 16.5 Å². The summed E-state index contributed by atoms with van der Waals surface area (Å²) in [5, 5.41) is 17.0. The summed E-state index contributed by atoms with van der Waals surface area (Å²) in [6.07, 6.45) is 4.50. The molecule has 2 aromatic heterocycles. The molecule has 0 unspecified atom stereocenters. The molecule has 0 bridgehead atoms. The van der Waals surface area contributed by atoms with Crippen molar-refractivity contribution in [3.63, 3.8) is 0 Å². The lowest BCUT2D eigenvalue weighted by Gasteiger charge is -2.35. The molecule has 0 spiro atoms. The molecule has 1 aliphatic carbocycles. The highest BCUT2D eigenvalue weighted by molar-refractivity contribution is 7.11. The lowest BCUT2D eigenvalue weighted by molar-refractivity contribution is 0.0880. The second-order valence-corrected chi connectivity index (χ2v) is 7.73. The van der Waals surface area contributed by atoms with Crippen molar-refractivity contribution in [1.82, 2.24) is 15.5 Å². The summed E-state index contributed by atoms with van der Waals surface area (Å²) in [6, 6.07) is 11.4. The van der Waals surface area contributed by atoms with Crippen molar-refractivity contribution in [1.29, 1.82) is 0 Å². The van der Waals surface area contributed by atoms with Gasteiger partial charge in [-0.1, -0.05) is 35.5 Å². The average Bonchev–Trinajstić information content (AvgIpc) is 3.30. The molecule has 26 heavy (non-hydrogen) atoms. The number of aliphatic hydroxyl groups excluding tert-OH is 1. The van der Waals surface area contributed by atoms with E-state index in [1.54, 1.807) is 23.6 Å². The zero-order valence-electron chi connectivity index (χ0n) is 14.1. The van der Waals surface area contributed by atoms with Crippen LogP contribution in [0.3, 0.4) is 0 Å². The Hall–Kier alpha value is -2.51. The van der Waals surface area contributed by atoms with E-state index in [2.05, 4.69) is 15.5 Å². The zero-order chi connectivity index (χ0) is 17.9. The highest BCUT2D eigenvalue weighted by Crippen LogP contribution is 2.32. The fourth-order valence-corrected chi connectivity index (χ4v) is 4.06. The van der Waals surface area contributed by atoms with Gasteiger partial charge in [-0.15, -0.1) is 11.3 Å². The summed E-state index contributed by atoms with van der Waals surface area (Å²) in [7, 11) is 0. The van der Waals surface area contributed by atoms with E-state index in [1.165, 1.54) is 0 Å². The normalized spacial score (nSPS) is 19.1. The van der Waals surface area contributed by atoms with Gasteiger partial charge in [-0.25, -0.2) is 4.98 Å². The maximum Gasteiger partial charge on any atom is 0.273 e. The number of rotatable bonds is 6. The Morgan fingerprint density at radius 2 is 2.12 bits per heavy atom. The van der Waals surface area contributed by atoms with Crippen molar-refractivity contribution in [2.75, 3.05) is 0 Å². The first kappa shape index (κ1) is 16.9. The molecule has 1 aliphatic rings. The number of hydrogen-bond acceptors (Lipinski definition) is 6. The fraction of sp³-hybridized carbons (Fsp3) is 0.316. The first-order valence-corrected chi connectivity index (χ1v) is 9.40. The minimum Gasteiger partial charge on any atom is -0.391 e. The fourth-order valence-electron chi connectivity index (χ4n) is 3.16. The second-order valence-electron chi connectivity index (χ2n) is 6.53. The quantitative estimate of drug-likeness (QED) is 0.697. The van der Waals surface area contributed by atoms with Crippen LogP contribution in [0.4, 0.5) is 0 Å². The summed E-state index contributed by atoms with van der Waals surface area (Å²) in [6.45, 7) is 0.0453. The van der Waals surface area contributed by atoms with Crippen LogP contribution in [-0.2, 0) is 13.0 Å². The van der Waals surface area contributed by atoms with Gasteiger partial charge in [-0.05, 0) is 18.8 Å². The predicted molar refractivity (Wildman–Crippen MR) is 97.7 cm³/mol.